The number of azo groups is 1. The summed E-state index contributed by atoms with van der Waals surface area (Å²) < 4.78 is 5.65. The van der Waals surface area contributed by atoms with Crippen LogP contribution in [-0.4, -0.2) is 25.1 Å². The minimum atomic E-state index is 0.169. The van der Waals surface area contributed by atoms with Crippen molar-refractivity contribution in [1.82, 2.24) is 0 Å². The first-order chi connectivity index (χ1) is 11.8. The molecule has 0 spiro atoms. The highest BCUT2D eigenvalue weighted by Gasteiger charge is 2.17. The summed E-state index contributed by atoms with van der Waals surface area (Å²) in [5.41, 5.74) is 2.96. The van der Waals surface area contributed by atoms with Gasteiger partial charge in [0.15, 0.2) is 5.84 Å². The molecule has 1 heterocycles. The van der Waals surface area contributed by atoms with Crippen LogP contribution >= 0.6 is 0 Å². The van der Waals surface area contributed by atoms with E-state index in [1.54, 1.807) is 0 Å². The quantitative estimate of drug-likeness (QED) is 0.231. The molecular weight excluding hydrogens is 300 g/mol. The number of rotatable bonds is 3. The Bertz CT molecular complexity index is 689. The SMILES string of the molecule is Cc1cc(C#CC2CC2)ccc1/C(N=NCC1CCCCO1)=N/N. The lowest BCUT2D eigenvalue weighted by molar-refractivity contribution is 0.0217. The lowest BCUT2D eigenvalue weighted by atomic mass is 10.0. The van der Waals surface area contributed by atoms with Crippen molar-refractivity contribution in [1.29, 1.82) is 0 Å². The maximum atomic E-state index is 5.65. The van der Waals surface area contributed by atoms with Gasteiger partial charge in [0, 0.05) is 23.7 Å². The molecule has 1 aliphatic heterocycles. The first-order valence-corrected chi connectivity index (χ1v) is 8.66. The maximum absolute atomic E-state index is 5.65. The van der Waals surface area contributed by atoms with Crippen LogP contribution in [0.5, 0.6) is 0 Å². The van der Waals surface area contributed by atoms with Crippen molar-refractivity contribution in [3.63, 3.8) is 0 Å². The van der Waals surface area contributed by atoms with Gasteiger partial charge in [-0.15, -0.1) is 5.11 Å². The first-order valence-electron chi connectivity index (χ1n) is 8.66. The molecule has 2 aliphatic rings. The Balaban J connectivity index is 1.65. The Kier molecular flexibility index (Phi) is 5.60. The second-order valence-electron chi connectivity index (χ2n) is 6.44. The highest BCUT2D eigenvalue weighted by atomic mass is 16.5. The second kappa shape index (κ2) is 8.07. The molecule has 0 radical (unpaired) electrons. The number of amidine groups is 1. The number of aryl methyl sites for hydroxylation is 1. The van der Waals surface area contributed by atoms with Crippen LogP contribution in [0.15, 0.2) is 33.5 Å². The molecule has 126 valence electrons. The van der Waals surface area contributed by atoms with Gasteiger partial charge in [0.05, 0.1) is 12.6 Å². The van der Waals surface area contributed by atoms with Gasteiger partial charge in [-0.1, -0.05) is 11.8 Å². The summed E-state index contributed by atoms with van der Waals surface area (Å²) in [6.45, 7) is 3.39. The molecule has 1 saturated heterocycles. The van der Waals surface area contributed by atoms with Crippen molar-refractivity contribution in [2.24, 2.45) is 27.1 Å². The molecule has 0 aromatic heterocycles. The van der Waals surface area contributed by atoms with Gasteiger partial charge in [-0.2, -0.15) is 10.2 Å². The van der Waals surface area contributed by atoms with E-state index < -0.39 is 0 Å². The Hall–Kier alpha value is -2.19. The molecule has 1 aromatic carbocycles. The number of nitrogens with zero attached hydrogens (tertiary/aromatic N) is 3. The molecule has 0 bridgehead atoms. The number of hydrazone groups is 1. The Labute approximate surface area is 143 Å². The van der Waals surface area contributed by atoms with Crippen molar-refractivity contribution in [2.75, 3.05) is 13.2 Å². The number of benzene rings is 1. The average Bonchev–Trinajstić information content (AvgIpc) is 3.43. The fourth-order valence-electron chi connectivity index (χ4n) is 2.70. The van der Waals surface area contributed by atoms with E-state index in [1.165, 1.54) is 19.3 Å². The molecule has 2 fully saturated rings. The number of nitrogens with two attached hydrogens (primary N) is 1. The monoisotopic (exact) mass is 324 g/mol. The van der Waals surface area contributed by atoms with Crippen molar-refractivity contribution in [2.45, 2.75) is 45.1 Å². The predicted molar refractivity (Wildman–Crippen MR) is 94.8 cm³/mol. The standard InChI is InChI=1S/C19H24N4O/c1-14-12-16(8-7-15-5-6-15)9-10-18(14)19(22-20)23-21-13-17-4-2-3-11-24-17/h9-10,12,15,17H,2-6,11,13,20H2,1H3/b22-19-,23-21?. The summed E-state index contributed by atoms with van der Waals surface area (Å²) in [5, 5.41) is 12.2. The first kappa shape index (κ1) is 16.7. The maximum Gasteiger partial charge on any atom is 0.200 e. The largest absolute Gasteiger partial charge is 0.376 e. The zero-order valence-corrected chi connectivity index (χ0v) is 14.2. The molecule has 1 unspecified atom stereocenters. The van der Waals surface area contributed by atoms with Gasteiger partial charge in [-0.3, -0.25) is 0 Å². The van der Waals surface area contributed by atoms with Crippen LogP contribution in [0.3, 0.4) is 0 Å². The number of ether oxygens (including phenoxy) is 1. The molecule has 1 atom stereocenters. The topological polar surface area (TPSA) is 72.3 Å². The molecule has 5 heteroatoms. The third kappa shape index (κ3) is 4.65. The summed E-state index contributed by atoms with van der Waals surface area (Å²) in [6, 6.07) is 6.01. The van der Waals surface area contributed by atoms with Crippen molar-refractivity contribution >= 4 is 5.84 Å². The summed E-state index contributed by atoms with van der Waals surface area (Å²) in [6.07, 6.45) is 6.01. The number of hydrogen-bond donors (Lipinski definition) is 1. The van der Waals surface area contributed by atoms with Crippen LogP contribution in [0.4, 0.5) is 0 Å². The summed E-state index contributed by atoms with van der Waals surface area (Å²) in [4.78, 5) is 0. The molecule has 24 heavy (non-hydrogen) atoms. The van der Waals surface area contributed by atoms with Gasteiger partial charge in [0.1, 0.15) is 0 Å². The van der Waals surface area contributed by atoms with Crippen LogP contribution < -0.4 is 5.84 Å². The van der Waals surface area contributed by atoms with Crippen LogP contribution in [0, 0.1) is 24.7 Å². The van der Waals surface area contributed by atoms with Crippen molar-refractivity contribution in [3.8, 4) is 11.8 Å². The van der Waals surface area contributed by atoms with Gasteiger partial charge in [0.25, 0.3) is 0 Å². The lowest BCUT2D eigenvalue weighted by Crippen LogP contribution is -2.21. The summed E-state index contributed by atoms with van der Waals surface area (Å²) >= 11 is 0. The van der Waals surface area contributed by atoms with E-state index >= 15 is 0 Å². The summed E-state index contributed by atoms with van der Waals surface area (Å²) in [7, 11) is 0. The zero-order valence-electron chi connectivity index (χ0n) is 14.2. The van der Waals surface area contributed by atoms with E-state index in [2.05, 4.69) is 33.2 Å². The van der Waals surface area contributed by atoms with Crippen LogP contribution in [0.1, 0.15) is 48.8 Å². The summed E-state index contributed by atoms with van der Waals surface area (Å²) in [5.74, 6) is 13.1. The van der Waals surface area contributed by atoms with Gasteiger partial charge in [-0.05, 0) is 62.8 Å². The third-order valence-corrected chi connectivity index (χ3v) is 4.31. The fourth-order valence-corrected chi connectivity index (χ4v) is 2.70. The van der Waals surface area contributed by atoms with E-state index in [9.17, 15) is 0 Å². The van der Waals surface area contributed by atoms with E-state index in [0.29, 0.717) is 18.3 Å². The minimum absolute atomic E-state index is 0.169. The molecule has 1 aliphatic carbocycles. The molecule has 3 rings (SSSR count). The van der Waals surface area contributed by atoms with E-state index in [-0.39, 0.29) is 6.10 Å². The van der Waals surface area contributed by atoms with Crippen LogP contribution in [0.2, 0.25) is 0 Å². The second-order valence-corrected chi connectivity index (χ2v) is 6.44. The van der Waals surface area contributed by atoms with E-state index in [1.807, 2.05) is 19.1 Å². The molecule has 5 nitrogen and oxygen atoms in total. The highest BCUT2D eigenvalue weighted by Crippen LogP contribution is 2.27. The van der Waals surface area contributed by atoms with Crippen molar-refractivity contribution in [3.05, 3.63) is 34.9 Å². The zero-order chi connectivity index (χ0) is 16.8. The van der Waals surface area contributed by atoms with Gasteiger partial charge in [0.2, 0.25) is 0 Å². The van der Waals surface area contributed by atoms with Gasteiger partial charge < -0.3 is 10.6 Å². The third-order valence-electron chi connectivity index (χ3n) is 4.31. The Morgan fingerprint density at radius 2 is 2.17 bits per heavy atom. The Morgan fingerprint density at radius 1 is 1.29 bits per heavy atom. The van der Waals surface area contributed by atoms with Crippen LogP contribution in [-0.2, 0) is 4.74 Å². The predicted octanol–water partition coefficient (Wildman–Crippen LogP) is 3.40. The van der Waals surface area contributed by atoms with E-state index in [0.717, 1.165) is 36.1 Å². The fraction of sp³-hybridized carbons (Fsp3) is 0.526. The minimum Gasteiger partial charge on any atom is -0.376 e. The highest BCUT2D eigenvalue weighted by molar-refractivity contribution is 6.00. The van der Waals surface area contributed by atoms with Gasteiger partial charge in [-0.25, -0.2) is 0 Å². The molecule has 1 aromatic rings. The van der Waals surface area contributed by atoms with E-state index in [4.69, 9.17) is 10.6 Å². The molecule has 2 N–H and O–H groups in total. The van der Waals surface area contributed by atoms with Crippen molar-refractivity contribution < 1.29 is 4.74 Å². The van der Waals surface area contributed by atoms with Gasteiger partial charge >= 0.3 is 0 Å². The Morgan fingerprint density at radius 3 is 2.83 bits per heavy atom. The van der Waals surface area contributed by atoms with Crippen LogP contribution in [0.25, 0.3) is 0 Å². The lowest BCUT2D eigenvalue weighted by Gasteiger charge is -2.20. The molecule has 1 saturated carbocycles. The molecular formula is C19H24N4O. The molecule has 0 amide bonds. The number of hydrogen-bond acceptors (Lipinski definition) is 4. The normalized spacial score (nSPS) is 21.5. The smallest absolute Gasteiger partial charge is 0.200 e. The average molecular weight is 324 g/mol.